The minimum Gasteiger partial charge on any atom is -0.508 e. The fraction of sp³-hybridized carbons (Fsp3) is 0.720. The van der Waals surface area contributed by atoms with Crippen molar-refractivity contribution in [1.82, 2.24) is 0 Å². The highest BCUT2D eigenvalue weighted by Gasteiger charge is 2.04. The lowest BCUT2D eigenvalue weighted by atomic mass is 10.0. The number of rotatable bonds is 18. The highest BCUT2D eigenvalue weighted by Crippen LogP contribution is 2.15. The number of aliphatic hydroxyl groups is 1. The Labute approximate surface area is 183 Å². The molecule has 1 aromatic carbocycles. The van der Waals surface area contributed by atoms with Crippen LogP contribution in [0, 0.1) is 0 Å². The largest absolute Gasteiger partial charge is 0.508 e. The number of phenols is 1. The van der Waals surface area contributed by atoms with Crippen LogP contribution >= 0.6 is 0 Å². The summed E-state index contributed by atoms with van der Waals surface area (Å²) >= 11 is 0. The van der Waals surface area contributed by atoms with Gasteiger partial charge in [0.25, 0.3) is 0 Å². The van der Waals surface area contributed by atoms with E-state index in [9.17, 15) is 15.0 Å². The number of anilines is 1. The minimum absolute atomic E-state index is 0.0905. The first kappa shape index (κ1) is 26.3. The zero-order valence-corrected chi connectivity index (χ0v) is 18.9. The number of hydrogen-bond donors (Lipinski definition) is 3. The van der Waals surface area contributed by atoms with Gasteiger partial charge in [-0.25, -0.2) is 4.79 Å². The quantitative estimate of drug-likeness (QED) is 0.173. The van der Waals surface area contributed by atoms with E-state index < -0.39 is 6.09 Å². The van der Waals surface area contributed by atoms with E-state index in [0.717, 1.165) is 32.1 Å². The number of nitrogens with one attached hydrogen (secondary N) is 1. The maximum Gasteiger partial charge on any atom is 0.411 e. The Morgan fingerprint density at radius 3 is 1.90 bits per heavy atom. The van der Waals surface area contributed by atoms with Crippen molar-refractivity contribution in [2.75, 3.05) is 11.9 Å². The Morgan fingerprint density at radius 1 is 0.833 bits per heavy atom. The van der Waals surface area contributed by atoms with Gasteiger partial charge in [-0.2, -0.15) is 0 Å². The predicted molar refractivity (Wildman–Crippen MR) is 124 cm³/mol. The highest BCUT2D eigenvalue weighted by molar-refractivity contribution is 5.84. The molecule has 0 aliphatic heterocycles. The maximum atomic E-state index is 11.7. The second kappa shape index (κ2) is 18.1. The van der Waals surface area contributed by atoms with Crippen LogP contribution in [0.4, 0.5) is 10.5 Å². The number of ether oxygens (including phenoxy) is 1. The molecule has 5 heteroatoms. The predicted octanol–water partition coefficient (Wildman–Crippen LogP) is 7.17. The molecule has 0 saturated heterocycles. The van der Waals surface area contributed by atoms with E-state index in [2.05, 4.69) is 12.2 Å². The van der Waals surface area contributed by atoms with Gasteiger partial charge in [-0.05, 0) is 43.5 Å². The van der Waals surface area contributed by atoms with E-state index in [-0.39, 0.29) is 11.9 Å². The van der Waals surface area contributed by atoms with Gasteiger partial charge in [0, 0.05) is 5.69 Å². The van der Waals surface area contributed by atoms with Gasteiger partial charge in [-0.3, -0.25) is 5.32 Å². The molecule has 30 heavy (non-hydrogen) atoms. The fourth-order valence-corrected chi connectivity index (χ4v) is 3.53. The Balaban J connectivity index is 1.82. The summed E-state index contributed by atoms with van der Waals surface area (Å²) in [5.41, 5.74) is 0.610. The molecule has 1 amide bonds. The van der Waals surface area contributed by atoms with E-state index in [1.54, 1.807) is 12.1 Å². The lowest BCUT2D eigenvalue weighted by molar-refractivity contribution is 0.147. The number of benzene rings is 1. The highest BCUT2D eigenvalue weighted by atomic mass is 16.5. The monoisotopic (exact) mass is 421 g/mol. The number of carbonyl (C=O) groups is 1. The first-order chi connectivity index (χ1) is 14.6. The topological polar surface area (TPSA) is 78.8 Å². The van der Waals surface area contributed by atoms with Crippen LogP contribution in [0.5, 0.6) is 5.75 Å². The summed E-state index contributed by atoms with van der Waals surface area (Å²) in [5, 5.41) is 21.8. The number of carbonyl (C=O) groups excluding carboxylic acids is 1. The zero-order valence-electron chi connectivity index (χ0n) is 18.9. The molecule has 1 atom stereocenters. The third-order valence-electron chi connectivity index (χ3n) is 5.42. The van der Waals surface area contributed by atoms with E-state index in [1.165, 1.54) is 76.3 Å². The molecule has 0 aliphatic rings. The molecule has 0 radical (unpaired) electrons. The Bertz CT molecular complexity index is 532. The first-order valence-corrected chi connectivity index (χ1v) is 12.0. The molecule has 0 aromatic heterocycles. The molecule has 1 rings (SSSR count). The van der Waals surface area contributed by atoms with Crippen LogP contribution in [-0.2, 0) is 4.74 Å². The average Bonchev–Trinajstić information content (AvgIpc) is 2.73. The SMILES string of the molecule is CCCCCCC(O)CCCCCCCCCCCOC(=O)Nc1ccc(O)cc1. The Kier molecular flexibility index (Phi) is 15.8. The van der Waals surface area contributed by atoms with Crippen molar-refractivity contribution < 1.29 is 19.7 Å². The smallest absolute Gasteiger partial charge is 0.411 e. The van der Waals surface area contributed by atoms with Crippen LogP contribution < -0.4 is 5.32 Å². The Morgan fingerprint density at radius 2 is 1.33 bits per heavy atom. The van der Waals surface area contributed by atoms with E-state index in [0.29, 0.717) is 12.3 Å². The van der Waals surface area contributed by atoms with Gasteiger partial charge < -0.3 is 14.9 Å². The normalized spacial score (nSPS) is 11.9. The first-order valence-electron chi connectivity index (χ1n) is 12.0. The number of unbranched alkanes of at least 4 members (excludes halogenated alkanes) is 11. The lowest BCUT2D eigenvalue weighted by Gasteiger charge is -2.10. The van der Waals surface area contributed by atoms with Crippen molar-refractivity contribution in [2.45, 2.75) is 109 Å². The molecule has 0 aliphatic carbocycles. The van der Waals surface area contributed by atoms with Gasteiger partial charge in [0.05, 0.1) is 12.7 Å². The molecule has 172 valence electrons. The van der Waals surface area contributed by atoms with Crippen molar-refractivity contribution in [3.63, 3.8) is 0 Å². The van der Waals surface area contributed by atoms with Gasteiger partial charge in [-0.1, -0.05) is 84.0 Å². The standard InChI is InChI=1S/C25H43NO4/c1-2-3-4-12-15-23(27)16-13-10-8-6-5-7-9-11-14-21-30-25(29)26-22-17-19-24(28)20-18-22/h17-20,23,27-28H,2-16,21H2,1H3,(H,26,29). The van der Waals surface area contributed by atoms with Crippen LogP contribution in [0.25, 0.3) is 0 Å². The van der Waals surface area contributed by atoms with Crippen molar-refractivity contribution in [3.05, 3.63) is 24.3 Å². The van der Waals surface area contributed by atoms with E-state index in [4.69, 9.17) is 4.74 Å². The van der Waals surface area contributed by atoms with Crippen molar-refractivity contribution >= 4 is 11.8 Å². The zero-order chi connectivity index (χ0) is 21.9. The minimum atomic E-state index is -0.452. The summed E-state index contributed by atoms with van der Waals surface area (Å²) in [5.74, 6) is 0.167. The van der Waals surface area contributed by atoms with Gasteiger partial charge in [0.2, 0.25) is 0 Å². The molecular formula is C25H43NO4. The maximum absolute atomic E-state index is 11.7. The van der Waals surface area contributed by atoms with Gasteiger partial charge in [-0.15, -0.1) is 0 Å². The summed E-state index contributed by atoms with van der Waals surface area (Å²) in [6.45, 7) is 2.65. The van der Waals surface area contributed by atoms with Gasteiger partial charge in [0.1, 0.15) is 5.75 Å². The summed E-state index contributed by atoms with van der Waals surface area (Å²) in [6.07, 6.45) is 16.9. The Hall–Kier alpha value is -1.75. The molecule has 0 saturated carbocycles. The van der Waals surface area contributed by atoms with Gasteiger partial charge in [0.15, 0.2) is 0 Å². The number of aromatic hydroxyl groups is 1. The summed E-state index contributed by atoms with van der Waals surface area (Å²) in [7, 11) is 0. The van der Waals surface area contributed by atoms with E-state index >= 15 is 0 Å². The molecule has 0 heterocycles. The number of phenolic OH excluding ortho intramolecular Hbond substituents is 1. The van der Waals surface area contributed by atoms with Crippen LogP contribution in [0.1, 0.15) is 103 Å². The molecule has 1 aromatic rings. The van der Waals surface area contributed by atoms with Crippen molar-refractivity contribution in [1.29, 1.82) is 0 Å². The van der Waals surface area contributed by atoms with Crippen LogP contribution in [-0.4, -0.2) is 29.0 Å². The van der Waals surface area contributed by atoms with Crippen LogP contribution in [0.2, 0.25) is 0 Å². The van der Waals surface area contributed by atoms with E-state index in [1.807, 2.05) is 0 Å². The molecule has 3 N–H and O–H groups in total. The number of hydrogen-bond acceptors (Lipinski definition) is 4. The molecule has 0 fully saturated rings. The van der Waals surface area contributed by atoms with Crippen LogP contribution in [0.3, 0.4) is 0 Å². The average molecular weight is 422 g/mol. The van der Waals surface area contributed by atoms with Crippen LogP contribution in [0.15, 0.2) is 24.3 Å². The third kappa shape index (κ3) is 15.1. The van der Waals surface area contributed by atoms with Gasteiger partial charge >= 0.3 is 6.09 Å². The second-order valence-corrected chi connectivity index (χ2v) is 8.28. The summed E-state index contributed by atoms with van der Waals surface area (Å²) in [4.78, 5) is 11.7. The fourth-order valence-electron chi connectivity index (χ4n) is 3.53. The summed E-state index contributed by atoms with van der Waals surface area (Å²) in [6, 6.07) is 6.31. The summed E-state index contributed by atoms with van der Waals surface area (Å²) < 4.78 is 5.17. The lowest BCUT2D eigenvalue weighted by Crippen LogP contribution is -2.14. The third-order valence-corrected chi connectivity index (χ3v) is 5.42. The molecular weight excluding hydrogens is 378 g/mol. The molecule has 1 unspecified atom stereocenters. The molecule has 0 spiro atoms. The van der Waals surface area contributed by atoms with Crippen molar-refractivity contribution in [3.8, 4) is 5.75 Å². The number of aliphatic hydroxyl groups excluding tert-OH is 1. The van der Waals surface area contributed by atoms with Crippen molar-refractivity contribution in [2.24, 2.45) is 0 Å². The second-order valence-electron chi connectivity index (χ2n) is 8.28. The molecule has 5 nitrogen and oxygen atoms in total. The molecule has 0 bridgehead atoms. The number of amides is 1.